The van der Waals surface area contributed by atoms with Gasteiger partial charge in [0.1, 0.15) is 11.4 Å². The smallest absolute Gasteiger partial charge is 0.270 e. The van der Waals surface area contributed by atoms with Crippen LogP contribution in [0.25, 0.3) is 11.3 Å². The summed E-state index contributed by atoms with van der Waals surface area (Å²) in [5, 5.41) is 14.0. The van der Waals surface area contributed by atoms with Crippen LogP contribution in [0.4, 0.5) is 10.8 Å². The number of thiazole rings is 1. The average Bonchev–Trinajstić information content (AvgIpc) is 3.33. The molecule has 3 saturated heterocycles. The first-order chi connectivity index (χ1) is 17.7. The monoisotopic (exact) mass is 542 g/mol. The molecule has 5 heterocycles. The van der Waals surface area contributed by atoms with Gasteiger partial charge < -0.3 is 20.3 Å². The van der Waals surface area contributed by atoms with Gasteiger partial charge in [0.2, 0.25) is 10.0 Å². The van der Waals surface area contributed by atoms with Gasteiger partial charge in [-0.3, -0.25) is 9.78 Å². The van der Waals surface area contributed by atoms with E-state index in [2.05, 4.69) is 25.5 Å². The zero-order chi connectivity index (χ0) is 26.2. The van der Waals surface area contributed by atoms with E-state index in [0.717, 1.165) is 38.0 Å². The molecule has 1 amide bonds. The highest BCUT2D eigenvalue weighted by molar-refractivity contribution is 7.89. The van der Waals surface area contributed by atoms with Crippen molar-refractivity contribution in [2.24, 2.45) is 11.1 Å². The highest BCUT2D eigenvalue weighted by Gasteiger charge is 2.35. The van der Waals surface area contributed by atoms with Crippen molar-refractivity contribution in [3.8, 4) is 17.0 Å². The number of anilines is 2. The maximum Gasteiger partial charge on any atom is 0.270 e. The Morgan fingerprint density at radius 2 is 2.00 bits per heavy atom. The Kier molecular flexibility index (Phi) is 7.17. The van der Waals surface area contributed by atoms with Gasteiger partial charge in [0.05, 0.1) is 22.4 Å². The number of carbonyl (C=O) groups excluding carboxylic acids is 1. The molecule has 4 N–H and O–H groups in total. The largest absolute Gasteiger partial charge is 0.489 e. The fraction of sp³-hybridized carbons (Fsp3) is 0.400. The molecule has 0 radical (unpaired) electrons. The Hall–Kier alpha value is -3.06. The lowest BCUT2D eigenvalue weighted by atomic mass is 9.84. The first kappa shape index (κ1) is 25.6. The number of hydrogen-bond donors (Lipinski definition) is 3. The number of nitrogens with one attached hydrogen (secondary N) is 2. The average molecular weight is 543 g/mol. The predicted molar refractivity (Wildman–Crippen MR) is 143 cm³/mol. The second-order valence-corrected chi connectivity index (χ2v) is 12.1. The molecule has 1 atom stereocenters. The topological polar surface area (TPSA) is 140 Å². The van der Waals surface area contributed by atoms with Gasteiger partial charge in [0.25, 0.3) is 5.91 Å². The molecule has 6 rings (SSSR count). The number of sulfonamides is 1. The minimum Gasteiger partial charge on any atom is -0.489 e. The van der Waals surface area contributed by atoms with Crippen LogP contribution in [-0.4, -0.2) is 61.0 Å². The minimum atomic E-state index is -3.88. The second-order valence-electron chi connectivity index (χ2n) is 9.68. The third-order valence-corrected chi connectivity index (χ3v) is 8.32. The van der Waals surface area contributed by atoms with Gasteiger partial charge in [-0.2, -0.15) is 0 Å². The molecule has 3 aromatic rings. The normalized spacial score (nSPS) is 21.1. The maximum atomic E-state index is 12.8. The lowest BCUT2D eigenvalue weighted by Gasteiger charge is -2.44. The summed E-state index contributed by atoms with van der Waals surface area (Å²) >= 11 is 1.35. The fourth-order valence-electron chi connectivity index (χ4n) is 4.77. The highest BCUT2D eigenvalue weighted by atomic mass is 32.2. The molecule has 3 aliphatic rings. The summed E-state index contributed by atoms with van der Waals surface area (Å²) in [5.41, 5.74) is 2.27. The number of carbonyl (C=O) groups is 1. The molecular formula is C25H30N6O4S2. The Bertz CT molecular complexity index is 1380. The third-order valence-electron chi connectivity index (χ3n) is 6.65. The van der Waals surface area contributed by atoms with Crippen molar-refractivity contribution >= 4 is 38.1 Å². The minimum absolute atomic E-state index is 0.0285. The molecule has 10 nitrogen and oxygen atoms in total. The van der Waals surface area contributed by atoms with Gasteiger partial charge >= 0.3 is 0 Å². The van der Waals surface area contributed by atoms with Gasteiger partial charge in [0, 0.05) is 29.7 Å². The Morgan fingerprint density at radius 3 is 2.62 bits per heavy atom. The standard InChI is InChI=1S/C25H30N6O4S2/c1-15(2)35-23-6-4-18(37(26,33)34)11-20(23)29-25-30-22(14-36-25)17-3-5-19(27-12-17)24(32)28-21-13-31-9-7-16(21)8-10-31/h3-6,11-12,14-16,21H,7-10,13H2,1-2H3,(H,28,32)(H,29,30)(H2,26,33,34). The van der Waals surface area contributed by atoms with Crippen molar-refractivity contribution in [3.05, 3.63) is 47.6 Å². The summed E-state index contributed by atoms with van der Waals surface area (Å²) in [7, 11) is -3.88. The maximum absolute atomic E-state index is 12.8. The van der Waals surface area contributed by atoms with Crippen molar-refractivity contribution in [2.45, 2.75) is 43.7 Å². The predicted octanol–water partition coefficient (Wildman–Crippen LogP) is 3.21. The number of rotatable bonds is 8. The van der Waals surface area contributed by atoms with Gasteiger partial charge in [-0.1, -0.05) is 0 Å². The Labute approximate surface area is 220 Å². The SMILES string of the molecule is CC(C)Oc1ccc(S(N)(=O)=O)cc1Nc1nc(-c2ccc(C(=O)NC3CN4CCC3CC4)nc2)cs1. The molecule has 3 aliphatic heterocycles. The summed E-state index contributed by atoms with van der Waals surface area (Å²) in [6.07, 6.45) is 3.79. The van der Waals surface area contributed by atoms with E-state index in [4.69, 9.17) is 9.88 Å². The summed E-state index contributed by atoms with van der Waals surface area (Å²) in [5.74, 6) is 0.879. The van der Waals surface area contributed by atoms with Crippen LogP contribution in [0.1, 0.15) is 37.2 Å². The number of hydrogen-bond acceptors (Lipinski definition) is 9. The molecule has 0 saturated carbocycles. The lowest BCUT2D eigenvalue weighted by Crippen LogP contribution is -2.57. The summed E-state index contributed by atoms with van der Waals surface area (Å²) < 4.78 is 29.5. The van der Waals surface area contributed by atoms with E-state index in [1.165, 1.54) is 23.5 Å². The fourth-order valence-corrected chi connectivity index (χ4v) is 6.04. The molecule has 12 heteroatoms. The van der Waals surface area contributed by atoms with Crippen molar-refractivity contribution in [1.29, 1.82) is 0 Å². The molecule has 1 unspecified atom stereocenters. The molecule has 0 aliphatic carbocycles. The van der Waals surface area contributed by atoms with Gasteiger partial charge in [-0.25, -0.2) is 18.5 Å². The first-order valence-electron chi connectivity index (χ1n) is 12.2. The number of fused-ring (bicyclic) bond motifs is 3. The number of nitrogens with two attached hydrogens (primary N) is 1. The number of aromatic nitrogens is 2. The van der Waals surface area contributed by atoms with Crippen LogP contribution in [0.5, 0.6) is 5.75 Å². The Balaban J connectivity index is 1.29. The molecule has 1 aromatic carbocycles. The van der Waals surface area contributed by atoms with E-state index >= 15 is 0 Å². The van der Waals surface area contributed by atoms with Crippen molar-refractivity contribution < 1.29 is 17.9 Å². The van der Waals surface area contributed by atoms with Gasteiger partial charge in [-0.15, -0.1) is 11.3 Å². The van der Waals surface area contributed by atoms with Crippen molar-refractivity contribution in [1.82, 2.24) is 20.2 Å². The van der Waals surface area contributed by atoms with Crippen molar-refractivity contribution in [2.75, 3.05) is 25.0 Å². The number of primary sulfonamides is 1. The van der Waals surface area contributed by atoms with Crippen LogP contribution in [0.3, 0.4) is 0 Å². The van der Waals surface area contributed by atoms with Crippen LogP contribution >= 0.6 is 11.3 Å². The molecule has 3 fully saturated rings. The number of piperidine rings is 3. The van der Waals surface area contributed by atoms with Crippen LogP contribution < -0.4 is 20.5 Å². The zero-order valence-corrected chi connectivity index (χ0v) is 22.3. The molecule has 2 bridgehead atoms. The number of nitrogens with zero attached hydrogens (tertiary/aromatic N) is 3. The second kappa shape index (κ2) is 10.4. The number of benzene rings is 1. The number of amides is 1. The van der Waals surface area contributed by atoms with E-state index in [1.54, 1.807) is 18.3 Å². The summed E-state index contributed by atoms with van der Waals surface area (Å²) in [4.78, 5) is 24.1. The van der Waals surface area contributed by atoms with Crippen LogP contribution in [0.2, 0.25) is 0 Å². The van der Waals surface area contributed by atoms with E-state index in [-0.39, 0.29) is 22.9 Å². The molecule has 2 aromatic heterocycles. The Morgan fingerprint density at radius 1 is 1.22 bits per heavy atom. The quantitative estimate of drug-likeness (QED) is 0.394. The van der Waals surface area contributed by atoms with E-state index in [1.807, 2.05) is 25.3 Å². The first-order valence-corrected chi connectivity index (χ1v) is 14.6. The lowest BCUT2D eigenvalue weighted by molar-refractivity contribution is 0.0618. The molecule has 0 spiro atoms. The number of ether oxygens (including phenoxy) is 1. The van der Waals surface area contributed by atoms with Crippen LogP contribution in [-0.2, 0) is 10.0 Å². The zero-order valence-electron chi connectivity index (χ0n) is 20.7. The summed E-state index contributed by atoms with van der Waals surface area (Å²) in [6, 6.07) is 8.12. The molecule has 196 valence electrons. The van der Waals surface area contributed by atoms with E-state index < -0.39 is 10.0 Å². The van der Waals surface area contributed by atoms with Gasteiger partial charge in [-0.05, 0) is 76.0 Å². The van der Waals surface area contributed by atoms with Crippen molar-refractivity contribution in [3.63, 3.8) is 0 Å². The highest BCUT2D eigenvalue weighted by Crippen LogP contribution is 2.34. The van der Waals surface area contributed by atoms with Gasteiger partial charge in [0.15, 0.2) is 5.13 Å². The van der Waals surface area contributed by atoms with E-state index in [0.29, 0.717) is 33.9 Å². The third kappa shape index (κ3) is 5.93. The molecular weight excluding hydrogens is 512 g/mol. The molecule has 37 heavy (non-hydrogen) atoms. The van der Waals surface area contributed by atoms with Crippen LogP contribution in [0.15, 0.2) is 46.8 Å². The van der Waals surface area contributed by atoms with E-state index in [9.17, 15) is 13.2 Å². The van der Waals surface area contributed by atoms with Crippen LogP contribution in [0, 0.1) is 5.92 Å². The summed E-state index contributed by atoms with van der Waals surface area (Å²) in [6.45, 7) is 6.92. The number of pyridine rings is 1.